The Labute approximate surface area is 146 Å². The third-order valence-electron chi connectivity index (χ3n) is 4.51. The van der Waals surface area contributed by atoms with Crippen molar-refractivity contribution in [3.63, 3.8) is 0 Å². The maximum Gasteiger partial charge on any atom is 0.305 e. The number of esters is 2. The van der Waals surface area contributed by atoms with Gasteiger partial charge in [-0.3, -0.25) is 14.4 Å². The average Bonchev–Trinajstić information content (AvgIpc) is 2.89. The van der Waals surface area contributed by atoms with Crippen LogP contribution in [0.5, 0.6) is 0 Å². The van der Waals surface area contributed by atoms with E-state index in [0.717, 1.165) is 0 Å². The molecule has 1 aliphatic rings. The number of hydrazone groups is 1. The van der Waals surface area contributed by atoms with Crippen LogP contribution in [0.4, 0.5) is 5.69 Å². The van der Waals surface area contributed by atoms with E-state index in [4.69, 9.17) is 0 Å². The van der Waals surface area contributed by atoms with Crippen LogP contribution in [0.2, 0.25) is 0 Å². The SMILES string of the molecule is COC(=O)CCC1(CCC(=O)OC)C(=O)N(c2ccccc2)N=C1C. The molecule has 0 aromatic heterocycles. The molecule has 0 saturated carbocycles. The summed E-state index contributed by atoms with van der Waals surface area (Å²) in [6, 6.07) is 9.05. The standard InChI is InChI=1S/C18H22N2O5/c1-13-18(11-9-15(21)24-2,12-10-16(22)25-3)17(23)20(19-13)14-7-5-4-6-8-14/h4-8H,9-12H2,1-3H3. The molecule has 0 saturated heterocycles. The minimum absolute atomic E-state index is 0.0684. The predicted molar refractivity (Wildman–Crippen MR) is 92.0 cm³/mol. The van der Waals surface area contributed by atoms with Gasteiger partial charge in [0.15, 0.2) is 0 Å². The lowest BCUT2D eigenvalue weighted by molar-refractivity contribution is -0.141. The lowest BCUT2D eigenvalue weighted by Gasteiger charge is -2.27. The lowest BCUT2D eigenvalue weighted by Crippen LogP contribution is -2.40. The van der Waals surface area contributed by atoms with Crippen molar-refractivity contribution in [2.45, 2.75) is 32.6 Å². The van der Waals surface area contributed by atoms with Crippen LogP contribution in [0.15, 0.2) is 35.4 Å². The van der Waals surface area contributed by atoms with Gasteiger partial charge in [-0.05, 0) is 31.9 Å². The van der Waals surface area contributed by atoms with Gasteiger partial charge < -0.3 is 9.47 Å². The van der Waals surface area contributed by atoms with Crippen molar-refractivity contribution in [2.24, 2.45) is 10.5 Å². The van der Waals surface area contributed by atoms with Crippen LogP contribution in [0.1, 0.15) is 32.6 Å². The maximum atomic E-state index is 13.1. The molecular formula is C18H22N2O5. The second-order valence-corrected chi connectivity index (χ2v) is 5.87. The van der Waals surface area contributed by atoms with Crippen LogP contribution < -0.4 is 5.01 Å². The number of para-hydroxylation sites is 1. The fraction of sp³-hybridized carbons (Fsp3) is 0.444. The first-order chi connectivity index (χ1) is 11.9. The van der Waals surface area contributed by atoms with Gasteiger partial charge in [0.2, 0.25) is 0 Å². The summed E-state index contributed by atoms with van der Waals surface area (Å²) in [5.74, 6) is -1.06. The Balaban J connectivity index is 2.30. The van der Waals surface area contributed by atoms with E-state index in [1.807, 2.05) is 18.2 Å². The zero-order chi connectivity index (χ0) is 18.4. The molecule has 134 valence electrons. The highest BCUT2D eigenvalue weighted by molar-refractivity contribution is 6.18. The van der Waals surface area contributed by atoms with Crippen molar-refractivity contribution in [2.75, 3.05) is 19.2 Å². The maximum absolute atomic E-state index is 13.1. The Morgan fingerprint density at radius 2 is 1.56 bits per heavy atom. The molecule has 0 fully saturated rings. The Morgan fingerprint density at radius 3 is 2.04 bits per heavy atom. The monoisotopic (exact) mass is 346 g/mol. The van der Waals surface area contributed by atoms with Gasteiger partial charge in [0.05, 0.1) is 31.0 Å². The van der Waals surface area contributed by atoms with Crippen molar-refractivity contribution in [1.29, 1.82) is 0 Å². The number of amides is 1. The lowest BCUT2D eigenvalue weighted by atomic mass is 9.75. The molecule has 0 N–H and O–H groups in total. The van der Waals surface area contributed by atoms with E-state index in [1.54, 1.807) is 19.1 Å². The summed E-state index contributed by atoms with van der Waals surface area (Å²) in [5.41, 5.74) is 0.206. The zero-order valence-electron chi connectivity index (χ0n) is 14.7. The normalized spacial score (nSPS) is 15.7. The molecule has 7 nitrogen and oxygen atoms in total. The summed E-state index contributed by atoms with van der Waals surface area (Å²) < 4.78 is 9.38. The molecule has 25 heavy (non-hydrogen) atoms. The van der Waals surface area contributed by atoms with Crippen molar-refractivity contribution < 1.29 is 23.9 Å². The van der Waals surface area contributed by atoms with Gasteiger partial charge in [-0.25, -0.2) is 0 Å². The van der Waals surface area contributed by atoms with Gasteiger partial charge in [-0.15, -0.1) is 0 Å². The number of benzene rings is 1. The summed E-state index contributed by atoms with van der Waals surface area (Å²) in [4.78, 5) is 36.3. The number of hydrogen-bond acceptors (Lipinski definition) is 6. The van der Waals surface area contributed by atoms with Crippen LogP contribution in [0, 0.1) is 5.41 Å². The number of methoxy groups -OCH3 is 2. The molecule has 0 radical (unpaired) electrons. The quantitative estimate of drug-likeness (QED) is 0.707. The van der Waals surface area contributed by atoms with E-state index in [2.05, 4.69) is 14.6 Å². The first-order valence-electron chi connectivity index (χ1n) is 8.03. The molecule has 1 amide bonds. The third kappa shape index (κ3) is 3.87. The fourth-order valence-corrected chi connectivity index (χ4v) is 2.93. The third-order valence-corrected chi connectivity index (χ3v) is 4.51. The second-order valence-electron chi connectivity index (χ2n) is 5.87. The fourth-order valence-electron chi connectivity index (χ4n) is 2.93. The van der Waals surface area contributed by atoms with E-state index < -0.39 is 17.4 Å². The first-order valence-corrected chi connectivity index (χ1v) is 8.03. The highest BCUT2D eigenvalue weighted by Gasteiger charge is 2.49. The highest BCUT2D eigenvalue weighted by atomic mass is 16.5. The van der Waals surface area contributed by atoms with Gasteiger partial charge in [0, 0.05) is 12.8 Å². The van der Waals surface area contributed by atoms with Gasteiger partial charge in [-0.2, -0.15) is 10.1 Å². The smallest absolute Gasteiger partial charge is 0.305 e. The molecule has 2 rings (SSSR count). The summed E-state index contributed by atoms with van der Waals surface area (Å²) in [5, 5.41) is 5.73. The molecule has 1 heterocycles. The van der Waals surface area contributed by atoms with Crippen molar-refractivity contribution in [3.8, 4) is 0 Å². The molecule has 0 atom stereocenters. The van der Waals surface area contributed by atoms with Gasteiger partial charge in [-0.1, -0.05) is 18.2 Å². The molecule has 1 aliphatic heterocycles. The minimum atomic E-state index is -1.02. The Hall–Kier alpha value is -2.70. The van der Waals surface area contributed by atoms with Crippen LogP contribution in [-0.4, -0.2) is 37.8 Å². The number of ether oxygens (including phenoxy) is 2. The average molecular weight is 346 g/mol. The van der Waals surface area contributed by atoms with E-state index in [0.29, 0.717) is 11.4 Å². The molecule has 0 bridgehead atoms. The second kappa shape index (κ2) is 7.92. The molecule has 1 aromatic carbocycles. The Kier molecular flexibility index (Phi) is 5.90. The Bertz CT molecular complexity index is 664. The van der Waals surface area contributed by atoms with E-state index >= 15 is 0 Å². The summed E-state index contributed by atoms with van der Waals surface area (Å²) in [7, 11) is 2.61. The van der Waals surface area contributed by atoms with Crippen LogP contribution in [0.25, 0.3) is 0 Å². The zero-order valence-corrected chi connectivity index (χ0v) is 14.7. The molecular weight excluding hydrogens is 324 g/mol. The number of hydrogen-bond donors (Lipinski definition) is 0. The topological polar surface area (TPSA) is 85.3 Å². The number of carbonyl (C=O) groups excluding carboxylic acids is 3. The van der Waals surface area contributed by atoms with E-state index in [-0.39, 0.29) is 31.6 Å². The van der Waals surface area contributed by atoms with Gasteiger partial charge >= 0.3 is 11.9 Å². The van der Waals surface area contributed by atoms with Crippen LogP contribution in [-0.2, 0) is 23.9 Å². The predicted octanol–water partition coefficient (Wildman–Crippen LogP) is 2.30. The first kappa shape index (κ1) is 18.6. The molecule has 0 spiro atoms. The summed E-state index contributed by atoms with van der Waals surface area (Å²) in [6.07, 6.45) is 0.597. The number of nitrogens with zero attached hydrogens (tertiary/aromatic N) is 2. The van der Waals surface area contributed by atoms with Crippen molar-refractivity contribution >= 4 is 29.2 Å². The number of anilines is 1. The molecule has 0 unspecified atom stereocenters. The number of carbonyl (C=O) groups is 3. The molecule has 7 heteroatoms. The highest BCUT2D eigenvalue weighted by Crippen LogP contribution is 2.40. The summed E-state index contributed by atoms with van der Waals surface area (Å²) >= 11 is 0. The molecule has 0 aliphatic carbocycles. The minimum Gasteiger partial charge on any atom is -0.469 e. The van der Waals surface area contributed by atoms with Crippen molar-refractivity contribution in [1.82, 2.24) is 0 Å². The van der Waals surface area contributed by atoms with E-state index in [1.165, 1.54) is 19.2 Å². The Morgan fingerprint density at radius 1 is 1.04 bits per heavy atom. The molecule has 1 aromatic rings. The van der Waals surface area contributed by atoms with Crippen LogP contribution in [0.3, 0.4) is 0 Å². The van der Waals surface area contributed by atoms with E-state index in [9.17, 15) is 14.4 Å². The van der Waals surface area contributed by atoms with Crippen LogP contribution >= 0.6 is 0 Å². The van der Waals surface area contributed by atoms with Gasteiger partial charge in [0.1, 0.15) is 0 Å². The van der Waals surface area contributed by atoms with Gasteiger partial charge in [0.25, 0.3) is 5.91 Å². The largest absolute Gasteiger partial charge is 0.469 e. The summed E-state index contributed by atoms with van der Waals surface area (Å²) in [6.45, 7) is 1.75. The number of rotatable bonds is 7. The van der Waals surface area contributed by atoms with Crippen molar-refractivity contribution in [3.05, 3.63) is 30.3 Å².